The summed E-state index contributed by atoms with van der Waals surface area (Å²) in [6, 6.07) is 76.8. The van der Waals surface area contributed by atoms with Gasteiger partial charge in [0.25, 0.3) is 0 Å². The van der Waals surface area contributed by atoms with Crippen molar-refractivity contribution in [2.24, 2.45) is 0 Å². The van der Waals surface area contributed by atoms with Crippen molar-refractivity contribution in [2.75, 3.05) is 0 Å². The molecule has 1 N–H and O–H groups in total. The van der Waals surface area contributed by atoms with E-state index in [1.165, 1.54) is 11.1 Å². The lowest BCUT2D eigenvalue weighted by atomic mass is 9.79. The molecule has 0 amide bonds. The first-order valence-corrected chi connectivity index (χ1v) is 26.0. The summed E-state index contributed by atoms with van der Waals surface area (Å²) >= 11 is 0. The number of pyridine rings is 1. The van der Waals surface area contributed by atoms with Gasteiger partial charge in [-0.2, -0.15) is 0 Å². The average Bonchev–Trinajstić information content (AvgIpc) is 3.94. The van der Waals surface area contributed by atoms with Crippen molar-refractivity contribution in [2.45, 2.75) is 72.1 Å². The molecule has 0 radical (unpaired) electrons. The second-order valence-corrected chi connectivity index (χ2v) is 22.0. The van der Waals surface area contributed by atoms with Crippen molar-refractivity contribution in [1.29, 1.82) is 0 Å². The Bertz CT molecular complexity index is 3900. The van der Waals surface area contributed by atoms with Crippen molar-refractivity contribution in [3.63, 3.8) is 0 Å². The van der Waals surface area contributed by atoms with E-state index in [1.54, 1.807) is 0 Å². The number of aromatic nitrogens is 3. The third kappa shape index (κ3) is 9.61. The molecule has 4 nitrogen and oxygen atoms in total. The molecule has 0 saturated carbocycles. The minimum absolute atomic E-state index is 0.209. The van der Waals surface area contributed by atoms with Gasteiger partial charge >= 0.3 is 0 Å². The van der Waals surface area contributed by atoms with Crippen LogP contribution in [0.1, 0.15) is 79.3 Å². The Labute approximate surface area is 444 Å². The van der Waals surface area contributed by atoms with E-state index in [2.05, 4.69) is 246 Å². The molecule has 0 bridgehead atoms. The minimum atomic E-state index is -0.940. The molecule has 0 aliphatic carbocycles. The summed E-state index contributed by atoms with van der Waals surface area (Å²) in [5, 5.41) is 12.8. The number of hydrogen-bond acceptors (Lipinski definition) is 3. The van der Waals surface area contributed by atoms with Gasteiger partial charge in [-0.25, -0.2) is 4.98 Å². The van der Waals surface area contributed by atoms with Gasteiger partial charge in [-0.1, -0.05) is 219 Å². The number of nitrogens with zero attached hydrogens (tertiary/aromatic N) is 3. The van der Waals surface area contributed by atoms with Gasteiger partial charge in [0.05, 0.1) is 28.0 Å². The quantitative estimate of drug-likeness (QED) is 0.149. The Balaban J connectivity index is 1.20. The van der Waals surface area contributed by atoms with E-state index in [9.17, 15) is 6.48 Å². The summed E-state index contributed by atoms with van der Waals surface area (Å²) in [4.78, 5) is 10.8. The van der Waals surface area contributed by atoms with Crippen molar-refractivity contribution < 1.29 is 6.48 Å². The number of imidazole rings is 1. The summed E-state index contributed by atoms with van der Waals surface area (Å²) in [6.07, 6.45) is 1.91. The van der Waals surface area contributed by atoms with E-state index in [0.717, 1.165) is 100 Å². The van der Waals surface area contributed by atoms with Gasteiger partial charge in [0.1, 0.15) is 11.6 Å². The highest BCUT2D eigenvalue weighted by atomic mass is 16.3. The van der Waals surface area contributed by atoms with Gasteiger partial charge in [0, 0.05) is 29.8 Å². The Morgan fingerprint density at radius 3 is 1.56 bits per heavy atom. The van der Waals surface area contributed by atoms with Crippen LogP contribution in [0.3, 0.4) is 0 Å². The predicted molar refractivity (Wildman–Crippen MR) is 316 cm³/mol. The average molecular weight is 975 g/mol. The number of phenols is 1. The smallest absolute Gasteiger partial charge is 0.149 e. The molecule has 0 saturated heterocycles. The lowest BCUT2D eigenvalue weighted by molar-refractivity contribution is 0.446. The van der Waals surface area contributed by atoms with Crippen LogP contribution in [0.4, 0.5) is 0 Å². The first kappa shape index (κ1) is 47.4. The molecule has 0 atom stereocenters. The third-order valence-electron chi connectivity index (χ3n) is 14.5. The molecule has 2 aromatic heterocycles. The maximum absolute atomic E-state index is 12.8. The zero-order chi connectivity index (χ0) is 52.9. The standard InChI is InChI=1S/C71H63N3O/c1-46(2)59-44-61(52-28-19-12-20-29-52)66(45-60(59)51-26-17-11-18-27-51)74-65-31-21-30-58(67(65)73-69(74)62-42-57(70(3,4)5)43-63(68(62)75)71(6,7)8)55-38-54(48-24-15-10-16-25-48)39-56(40-55)64-41-53(36-37-72-64)50-34-32-49(33-35-50)47-22-13-9-14-23-47/h9-46,75H,1-8H3/i46D. The highest BCUT2D eigenvalue weighted by Crippen LogP contribution is 2.47. The molecular weight excluding hydrogens is 911 g/mol. The first-order valence-electron chi connectivity index (χ1n) is 26.5. The van der Waals surface area contributed by atoms with Crippen LogP contribution < -0.4 is 0 Å². The number of fused-ring (bicyclic) bond motifs is 1. The molecule has 2 heterocycles. The fraction of sp³-hybridized carbons (Fsp3) is 0.155. The topological polar surface area (TPSA) is 50.9 Å². The second kappa shape index (κ2) is 19.7. The van der Waals surface area contributed by atoms with E-state index in [-0.39, 0.29) is 16.6 Å². The van der Waals surface area contributed by atoms with Crippen molar-refractivity contribution in [3.8, 4) is 101 Å². The number of phenolic OH excluding ortho intramolecular Hbond substituents is 1. The van der Waals surface area contributed by atoms with E-state index < -0.39 is 5.89 Å². The number of hydrogen-bond donors (Lipinski definition) is 1. The molecule has 75 heavy (non-hydrogen) atoms. The van der Waals surface area contributed by atoms with E-state index in [1.807, 2.05) is 38.2 Å². The number of benzene rings is 9. The van der Waals surface area contributed by atoms with Crippen molar-refractivity contribution in [3.05, 3.63) is 241 Å². The number of aromatic hydroxyl groups is 1. The largest absolute Gasteiger partial charge is 0.507 e. The van der Waals surface area contributed by atoms with Gasteiger partial charge in [0.2, 0.25) is 0 Å². The molecule has 0 aliphatic rings. The SMILES string of the molecule is [2H]C(C)(C)c1cc(-c2ccccc2)c(-n2c(-c3cc(C(C)(C)C)cc(C(C)(C)C)c3O)nc3c(-c4cc(-c5ccccc5)cc(-c5cc(-c6ccc(-c7ccccc7)cc6)ccn5)c4)cccc32)cc1-c1ccccc1. The maximum atomic E-state index is 12.8. The van der Waals surface area contributed by atoms with Crippen LogP contribution in [0.25, 0.3) is 106 Å². The van der Waals surface area contributed by atoms with Gasteiger partial charge in [-0.15, -0.1) is 0 Å². The molecule has 9 aromatic carbocycles. The zero-order valence-electron chi connectivity index (χ0n) is 45.2. The molecule has 11 aromatic rings. The Morgan fingerprint density at radius 1 is 0.440 bits per heavy atom. The Morgan fingerprint density at radius 2 is 0.973 bits per heavy atom. The van der Waals surface area contributed by atoms with E-state index in [4.69, 9.17) is 9.97 Å². The van der Waals surface area contributed by atoms with Crippen LogP contribution in [0.15, 0.2) is 225 Å². The van der Waals surface area contributed by atoms with E-state index >= 15 is 0 Å². The second-order valence-electron chi connectivity index (χ2n) is 22.0. The molecule has 0 spiro atoms. The Kier molecular flexibility index (Phi) is 12.4. The van der Waals surface area contributed by atoms with Crippen LogP contribution >= 0.6 is 0 Å². The molecule has 4 heteroatoms. The monoisotopic (exact) mass is 975 g/mol. The van der Waals surface area contributed by atoms with Gasteiger partial charge < -0.3 is 5.11 Å². The fourth-order valence-corrected chi connectivity index (χ4v) is 10.4. The predicted octanol–water partition coefficient (Wildman–Crippen LogP) is 19.2. The minimum Gasteiger partial charge on any atom is -0.507 e. The van der Waals surface area contributed by atoms with Crippen molar-refractivity contribution in [1.82, 2.24) is 14.5 Å². The summed E-state index contributed by atoms with van der Waals surface area (Å²) in [5.41, 5.74) is 19.9. The molecule has 0 aliphatic heterocycles. The van der Waals surface area contributed by atoms with Crippen LogP contribution in [-0.4, -0.2) is 19.6 Å². The fourth-order valence-electron chi connectivity index (χ4n) is 10.4. The van der Waals surface area contributed by atoms with Gasteiger partial charge in [0.15, 0.2) is 0 Å². The van der Waals surface area contributed by atoms with Crippen molar-refractivity contribution >= 4 is 11.0 Å². The highest BCUT2D eigenvalue weighted by Gasteiger charge is 2.30. The van der Waals surface area contributed by atoms with Gasteiger partial charge in [-0.05, 0) is 138 Å². The van der Waals surface area contributed by atoms with Crippen LogP contribution in [0, 0.1) is 0 Å². The first-order chi connectivity index (χ1) is 36.5. The summed E-state index contributed by atoms with van der Waals surface area (Å²) < 4.78 is 11.8. The van der Waals surface area contributed by atoms with E-state index in [0.29, 0.717) is 11.4 Å². The molecule has 0 fully saturated rings. The van der Waals surface area contributed by atoms with Crippen LogP contribution in [0.2, 0.25) is 0 Å². The lowest BCUT2D eigenvalue weighted by Crippen LogP contribution is -2.17. The number of rotatable bonds is 10. The van der Waals surface area contributed by atoms with Gasteiger partial charge in [-0.3, -0.25) is 9.55 Å². The highest BCUT2D eigenvalue weighted by molar-refractivity contribution is 5.99. The Hall–Kier alpha value is -8.60. The molecule has 368 valence electrons. The third-order valence-corrected chi connectivity index (χ3v) is 14.5. The maximum Gasteiger partial charge on any atom is 0.149 e. The lowest BCUT2D eigenvalue weighted by Gasteiger charge is -2.28. The van der Waals surface area contributed by atoms with Crippen LogP contribution in [0.5, 0.6) is 5.75 Å². The molecule has 0 unspecified atom stereocenters. The molecular formula is C71H63N3O. The molecule has 11 rings (SSSR count). The number of para-hydroxylation sites is 1. The normalized spacial score (nSPS) is 12.2. The zero-order valence-corrected chi connectivity index (χ0v) is 44.2. The summed E-state index contributed by atoms with van der Waals surface area (Å²) in [5.74, 6) is -0.108. The summed E-state index contributed by atoms with van der Waals surface area (Å²) in [7, 11) is 0. The summed E-state index contributed by atoms with van der Waals surface area (Å²) in [6.45, 7) is 17.1. The van der Waals surface area contributed by atoms with Crippen LogP contribution in [-0.2, 0) is 10.8 Å².